The summed E-state index contributed by atoms with van der Waals surface area (Å²) < 4.78 is 0.993. The normalized spacial score (nSPS) is 12.3. The summed E-state index contributed by atoms with van der Waals surface area (Å²) in [7, 11) is 0. The zero-order valence-electron chi connectivity index (χ0n) is 12.1. The van der Waals surface area contributed by atoms with Crippen LogP contribution in [0.15, 0.2) is 60.9 Å². The Kier molecular flexibility index (Phi) is 2.39. The summed E-state index contributed by atoms with van der Waals surface area (Å²) in [5.41, 5.74) is 6.86. The molecule has 2 aliphatic heterocycles. The van der Waals surface area contributed by atoms with E-state index < -0.39 is 0 Å². The minimum absolute atomic E-state index is 0.668. The van der Waals surface area contributed by atoms with Crippen molar-refractivity contribution in [3.8, 4) is 33.9 Å². The third kappa shape index (κ3) is 1.78. The minimum Gasteiger partial charge on any atom is -0.429 e. The van der Waals surface area contributed by atoms with Crippen LogP contribution in [0.1, 0.15) is 11.1 Å². The molecule has 0 fully saturated rings. The first-order valence-corrected chi connectivity index (χ1v) is 7.34. The molecule has 5 rings (SSSR count). The van der Waals surface area contributed by atoms with E-state index in [2.05, 4.69) is 34.6 Å². The van der Waals surface area contributed by atoms with Crippen LogP contribution in [0.2, 0.25) is 0 Å². The van der Waals surface area contributed by atoms with Crippen molar-refractivity contribution < 1.29 is 5.21 Å². The Hall–Kier alpha value is -3.14. The van der Waals surface area contributed by atoms with Gasteiger partial charge in [0.1, 0.15) is 5.69 Å². The van der Waals surface area contributed by atoms with E-state index in [0.717, 1.165) is 38.2 Å². The molecule has 0 amide bonds. The van der Waals surface area contributed by atoms with E-state index in [-0.39, 0.29) is 0 Å². The molecule has 23 heavy (non-hydrogen) atoms. The number of rotatable bonds is 1. The van der Waals surface area contributed by atoms with Crippen molar-refractivity contribution in [3.63, 3.8) is 0 Å². The van der Waals surface area contributed by atoms with Gasteiger partial charge in [0.15, 0.2) is 5.82 Å². The Morgan fingerprint density at radius 2 is 1.61 bits per heavy atom. The minimum atomic E-state index is 0.668. The SMILES string of the molecule is On1ccc2nc(-c3cccc4c3-c3ccccc3[C]4)nc-2c1. The van der Waals surface area contributed by atoms with Gasteiger partial charge in [-0.3, -0.25) is 0 Å². The van der Waals surface area contributed by atoms with Crippen LogP contribution < -0.4 is 0 Å². The smallest absolute Gasteiger partial charge is 0.161 e. The van der Waals surface area contributed by atoms with Gasteiger partial charge in [-0.25, -0.2) is 9.97 Å². The van der Waals surface area contributed by atoms with Crippen LogP contribution in [0.3, 0.4) is 0 Å². The highest BCUT2D eigenvalue weighted by molar-refractivity contribution is 5.91. The average molecular weight is 297 g/mol. The molecule has 0 aromatic heterocycles. The van der Waals surface area contributed by atoms with Gasteiger partial charge in [0.05, 0.1) is 18.3 Å². The molecule has 0 atom stereocenters. The number of pyridine rings is 1. The molecule has 2 heterocycles. The zero-order chi connectivity index (χ0) is 15.4. The highest BCUT2D eigenvalue weighted by atomic mass is 16.5. The number of fused-ring (bicyclic) bond motifs is 4. The van der Waals surface area contributed by atoms with Crippen LogP contribution in [-0.4, -0.2) is 19.9 Å². The van der Waals surface area contributed by atoms with Gasteiger partial charge < -0.3 is 5.21 Å². The predicted molar refractivity (Wildman–Crippen MR) is 86.1 cm³/mol. The van der Waals surface area contributed by atoms with Crippen LogP contribution in [-0.2, 0) is 0 Å². The third-order valence-electron chi connectivity index (χ3n) is 4.13. The first-order valence-electron chi connectivity index (χ1n) is 7.34. The number of benzene rings is 2. The summed E-state index contributed by atoms with van der Waals surface area (Å²) in [6.07, 6.45) is 6.54. The van der Waals surface area contributed by atoms with Gasteiger partial charge in [-0.05, 0) is 28.3 Å². The topological polar surface area (TPSA) is 50.9 Å². The maximum Gasteiger partial charge on any atom is 0.161 e. The molecule has 2 aromatic carbocycles. The number of nitrogens with zero attached hydrogens (tertiary/aromatic N) is 3. The highest BCUT2D eigenvalue weighted by Gasteiger charge is 2.24. The fraction of sp³-hybridized carbons (Fsp3) is 0. The van der Waals surface area contributed by atoms with E-state index in [1.165, 1.54) is 0 Å². The Labute approximate surface area is 133 Å². The summed E-state index contributed by atoms with van der Waals surface area (Å²) in [6.45, 7) is 0. The van der Waals surface area contributed by atoms with E-state index >= 15 is 0 Å². The molecule has 2 radical (unpaired) electrons. The molecule has 1 N–H and O–H groups in total. The van der Waals surface area contributed by atoms with Crippen LogP contribution in [0.4, 0.5) is 0 Å². The summed E-state index contributed by atoms with van der Waals surface area (Å²) in [6, 6.07) is 16.1. The quantitative estimate of drug-likeness (QED) is 0.479. The number of aromatic nitrogens is 3. The average Bonchev–Trinajstić information content (AvgIpc) is 3.14. The standard InChI is InChI=1S/C19H11N3O/c23-22-9-8-16-17(11-22)21-19(20-16)15-7-3-5-13-10-12-4-1-2-6-14(12)18(13)15/h1-9,11,23H. The highest BCUT2D eigenvalue weighted by Crippen LogP contribution is 2.43. The lowest BCUT2D eigenvalue weighted by Gasteiger charge is -2.06. The Morgan fingerprint density at radius 1 is 0.826 bits per heavy atom. The van der Waals surface area contributed by atoms with Gasteiger partial charge in [-0.2, -0.15) is 4.73 Å². The van der Waals surface area contributed by atoms with Crippen molar-refractivity contribution in [3.05, 3.63) is 78.5 Å². The Balaban J connectivity index is 1.77. The van der Waals surface area contributed by atoms with Crippen molar-refractivity contribution in [2.75, 3.05) is 0 Å². The van der Waals surface area contributed by atoms with E-state index in [4.69, 9.17) is 0 Å². The lowest BCUT2D eigenvalue weighted by Crippen LogP contribution is -1.91. The van der Waals surface area contributed by atoms with Crippen LogP contribution >= 0.6 is 0 Å². The molecule has 0 unspecified atom stereocenters. The summed E-state index contributed by atoms with van der Waals surface area (Å²) >= 11 is 0. The van der Waals surface area contributed by atoms with Crippen LogP contribution in [0.5, 0.6) is 0 Å². The molecule has 2 aromatic rings. The van der Waals surface area contributed by atoms with Crippen molar-refractivity contribution in [1.29, 1.82) is 0 Å². The second-order valence-electron chi connectivity index (χ2n) is 5.54. The van der Waals surface area contributed by atoms with Gasteiger partial charge in [-0.1, -0.05) is 42.5 Å². The number of imidazole rings is 1. The van der Waals surface area contributed by atoms with Crippen molar-refractivity contribution in [2.24, 2.45) is 0 Å². The maximum absolute atomic E-state index is 9.53. The molecule has 0 saturated heterocycles. The summed E-state index contributed by atoms with van der Waals surface area (Å²) in [5, 5.41) is 9.53. The Morgan fingerprint density at radius 3 is 2.57 bits per heavy atom. The van der Waals surface area contributed by atoms with Crippen LogP contribution in [0, 0.1) is 6.42 Å². The first-order chi connectivity index (χ1) is 11.3. The lowest BCUT2D eigenvalue weighted by molar-refractivity contribution is 0.184. The van der Waals surface area contributed by atoms with Gasteiger partial charge in [0.25, 0.3) is 0 Å². The molecule has 0 bridgehead atoms. The largest absolute Gasteiger partial charge is 0.429 e. The molecule has 1 aliphatic carbocycles. The lowest BCUT2D eigenvalue weighted by atomic mass is 9.99. The molecule has 4 nitrogen and oxygen atoms in total. The number of hydrogen-bond acceptors (Lipinski definition) is 3. The number of hydrogen-bond donors (Lipinski definition) is 1. The summed E-state index contributed by atoms with van der Waals surface area (Å²) in [4.78, 5) is 9.19. The maximum atomic E-state index is 9.53. The van der Waals surface area contributed by atoms with Crippen molar-refractivity contribution in [2.45, 2.75) is 0 Å². The fourth-order valence-corrected chi connectivity index (χ4v) is 3.11. The van der Waals surface area contributed by atoms with Gasteiger partial charge in [0, 0.05) is 11.8 Å². The molecular formula is C19H11N3O. The Bertz CT molecular complexity index is 1020. The third-order valence-corrected chi connectivity index (χ3v) is 4.13. The van der Waals surface area contributed by atoms with Crippen molar-refractivity contribution in [1.82, 2.24) is 14.7 Å². The molecule has 0 spiro atoms. The fourth-order valence-electron chi connectivity index (χ4n) is 3.11. The first kappa shape index (κ1) is 12.4. The van der Waals surface area contributed by atoms with Gasteiger partial charge >= 0.3 is 0 Å². The van der Waals surface area contributed by atoms with E-state index in [9.17, 15) is 5.21 Å². The molecule has 0 saturated carbocycles. The van der Waals surface area contributed by atoms with E-state index in [1.807, 2.05) is 24.3 Å². The van der Waals surface area contributed by atoms with E-state index in [1.54, 1.807) is 18.5 Å². The van der Waals surface area contributed by atoms with E-state index in [0.29, 0.717) is 11.5 Å². The molecule has 108 valence electrons. The molecular weight excluding hydrogens is 286 g/mol. The predicted octanol–water partition coefficient (Wildman–Crippen LogP) is 3.75. The second kappa shape index (κ2) is 4.43. The summed E-state index contributed by atoms with van der Waals surface area (Å²) in [5.74, 6) is 0.668. The van der Waals surface area contributed by atoms with Gasteiger partial charge in [0.2, 0.25) is 0 Å². The van der Waals surface area contributed by atoms with Crippen LogP contribution in [0.25, 0.3) is 33.9 Å². The molecule has 3 aliphatic rings. The zero-order valence-corrected chi connectivity index (χ0v) is 12.1. The van der Waals surface area contributed by atoms with Crippen molar-refractivity contribution >= 4 is 0 Å². The monoisotopic (exact) mass is 297 g/mol. The van der Waals surface area contributed by atoms with Gasteiger partial charge in [-0.15, -0.1) is 0 Å². The second-order valence-corrected chi connectivity index (χ2v) is 5.54. The molecule has 4 heteroatoms.